The van der Waals surface area contributed by atoms with Crippen molar-refractivity contribution in [1.82, 2.24) is 10.2 Å². The van der Waals surface area contributed by atoms with Crippen LogP contribution in [0.3, 0.4) is 0 Å². The fraction of sp³-hybridized carbons (Fsp3) is 0.889. The van der Waals surface area contributed by atoms with E-state index in [2.05, 4.69) is 12.2 Å². The molecular weight excluding hydrogens is 308 g/mol. The molecule has 0 spiro atoms. The summed E-state index contributed by atoms with van der Waals surface area (Å²) >= 11 is 0. The van der Waals surface area contributed by atoms with Crippen molar-refractivity contribution in [1.29, 1.82) is 0 Å². The van der Waals surface area contributed by atoms with Crippen molar-refractivity contribution in [2.45, 2.75) is 83.5 Å². The number of hydrogen-bond acceptors (Lipinski definition) is 5. The summed E-state index contributed by atoms with van der Waals surface area (Å²) in [6, 6.07) is 0.0213. The normalized spacial score (nSPS) is 31.0. The van der Waals surface area contributed by atoms with Crippen LogP contribution in [0.2, 0.25) is 0 Å². The quantitative estimate of drug-likeness (QED) is 0.800. The number of ether oxygens (including phenoxy) is 2. The second-order valence-electron chi connectivity index (χ2n) is 8.23. The largest absolute Gasteiger partial charge is 0.467 e. The maximum Gasteiger partial charge on any atom is 0.411 e. The van der Waals surface area contributed by atoms with Crippen LogP contribution in [0, 0.1) is 5.92 Å². The van der Waals surface area contributed by atoms with Crippen LogP contribution < -0.4 is 5.32 Å². The smallest absolute Gasteiger partial charge is 0.411 e. The summed E-state index contributed by atoms with van der Waals surface area (Å²) in [4.78, 5) is 26.0. The number of likely N-dealkylation sites (tertiary alicyclic amines) is 1. The first-order valence-electron chi connectivity index (χ1n) is 9.03. The summed E-state index contributed by atoms with van der Waals surface area (Å²) < 4.78 is 10.3. The molecule has 0 aromatic carbocycles. The predicted molar refractivity (Wildman–Crippen MR) is 91.7 cm³/mol. The van der Waals surface area contributed by atoms with E-state index in [0.717, 1.165) is 18.8 Å². The molecule has 6 nitrogen and oxygen atoms in total. The third kappa shape index (κ3) is 5.10. The number of methoxy groups -OCH3 is 1. The van der Waals surface area contributed by atoms with E-state index in [1.54, 1.807) is 0 Å². The highest BCUT2D eigenvalue weighted by Crippen LogP contribution is 2.27. The van der Waals surface area contributed by atoms with Crippen LogP contribution in [0.1, 0.15) is 59.8 Å². The van der Waals surface area contributed by atoms with Crippen LogP contribution in [0.5, 0.6) is 0 Å². The zero-order valence-electron chi connectivity index (χ0n) is 15.6. The average Bonchev–Trinajstić information content (AvgIpc) is 2.91. The van der Waals surface area contributed by atoms with E-state index in [1.807, 2.05) is 20.8 Å². The summed E-state index contributed by atoms with van der Waals surface area (Å²) in [5.41, 5.74) is -0.581. The van der Waals surface area contributed by atoms with Gasteiger partial charge in [-0.15, -0.1) is 0 Å². The zero-order chi connectivity index (χ0) is 17.9. The van der Waals surface area contributed by atoms with Crippen LogP contribution in [-0.4, -0.2) is 54.3 Å². The number of amides is 1. The highest BCUT2D eigenvalue weighted by molar-refractivity contribution is 5.82. The fourth-order valence-corrected chi connectivity index (χ4v) is 3.60. The number of carbonyl (C=O) groups excluding carboxylic acids is 2. The Kier molecular flexibility index (Phi) is 6.12. The van der Waals surface area contributed by atoms with Crippen molar-refractivity contribution in [3.8, 4) is 0 Å². The average molecular weight is 340 g/mol. The van der Waals surface area contributed by atoms with Gasteiger partial charge in [-0.1, -0.05) is 6.92 Å². The lowest BCUT2D eigenvalue weighted by molar-refractivity contribution is -0.145. The van der Waals surface area contributed by atoms with E-state index in [0.29, 0.717) is 19.0 Å². The number of rotatable bonds is 3. The maximum atomic E-state index is 12.4. The van der Waals surface area contributed by atoms with E-state index in [4.69, 9.17) is 9.47 Å². The molecule has 138 valence electrons. The number of carbonyl (C=O) groups is 2. The van der Waals surface area contributed by atoms with Crippen LogP contribution in [0.4, 0.5) is 4.79 Å². The van der Waals surface area contributed by atoms with Gasteiger partial charge >= 0.3 is 12.1 Å². The monoisotopic (exact) mass is 340 g/mol. The molecule has 1 heterocycles. The Morgan fingerprint density at radius 1 is 1.08 bits per heavy atom. The Morgan fingerprint density at radius 2 is 1.71 bits per heavy atom. The summed E-state index contributed by atoms with van der Waals surface area (Å²) in [5, 5.41) is 3.64. The van der Waals surface area contributed by atoms with Gasteiger partial charge in [0.15, 0.2) is 0 Å². The van der Waals surface area contributed by atoms with E-state index in [-0.39, 0.29) is 12.0 Å². The number of nitrogens with one attached hydrogen (secondary N) is 1. The topological polar surface area (TPSA) is 67.9 Å². The van der Waals surface area contributed by atoms with E-state index >= 15 is 0 Å². The molecule has 24 heavy (non-hydrogen) atoms. The highest BCUT2D eigenvalue weighted by Gasteiger charge is 2.42. The third-order valence-electron chi connectivity index (χ3n) is 4.89. The van der Waals surface area contributed by atoms with Gasteiger partial charge in [0.05, 0.1) is 7.11 Å². The molecule has 1 saturated carbocycles. The summed E-state index contributed by atoms with van der Waals surface area (Å²) in [6.07, 6.45) is 4.93. The van der Waals surface area contributed by atoms with Crippen LogP contribution >= 0.6 is 0 Å². The predicted octanol–water partition coefficient (Wildman–Crippen LogP) is 2.71. The maximum absolute atomic E-state index is 12.4. The Morgan fingerprint density at radius 3 is 2.25 bits per heavy atom. The van der Waals surface area contributed by atoms with Crippen LogP contribution in [0.25, 0.3) is 0 Å². The molecule has 1 saturated heterocycles. The molecule has 1 aliphatic heterocycles. The standard InChI is InChI=1S/C18H32N2O4/c1-12-6-8-13(9-7-12)19-14-10-15(16(21)23-5)20(11-14)17(22)24-18(2,3)4/h12-15,19H,6-11H2,1-5H3/t12-,13+,14-,15+/m1/s1. The Hall–Kier alpha value is -1.30. The molecule has 1 N–H and O–H groups in total. The van der Waals surface area contributed by atoms with Crippen molar-refractivity contribution in [2.75, 3.05) is 13.7 Å². The van der Waals surface area contributed by atoms with E-state index in [9.17, 15) is 9.59 Å². The van der Waals surface area contributed by atoms with Gasteiger partial charge in [0.1, 0.15) is 11.6 Å². The van der Waals surface area contributed by atoms with Gasteiger partial charge in [0.25, 0.3) is 0 Å². The molecule has 0 unspecified atom stereocenters. The first kappa shape index (κ1) is 19.0. The fourth-order valence-electron chi connectivity index (χ4n) is 3.60. The lowest BCUT2D eigenvalue weighted by Crippen LogP contribution is -2.45. The van der Waals surface area contributed by atoms with Crippen molar-refractivity contribution in [2.24, 2.45) is 5.92 Å². The first-order valence-corrected chi connectivity index (χ1v) is 9.03. The summed E-state index contributed by atoms with van der Waals surface area (Å²) in [5.74, 6) is 0.426. The highest BCUT2D eigenvalue weighted by atomic mass is 16.6. The summed E-state index contributed by atoms with van der Waals surface area (Å²) in [6.45, 7) is 8.26. The minimum Gasteiger partial charge on any atom is -0.467 e. The lowest BCUT2D eigenvalue weighted by Gasteiger charge is -2.29. The first-order chi connectivity index (χ1) is 11.2. The van der Waals surface area contributed by atoms with E-state index in [1.165, 1.54) is 24.9 Å². The Bertz CT molecular complexity index is 452. The van der Waals surface area contributed by atoms with Gasteiger partial charge in [-0.05, 0) is 58.8 Å². The molecule has 6 heteroatoms. The van der Waals surface area contributed by atoms with Gasteiger partial charge in [-0.2, -0.15) is 0 Å². The van der Waals surface area contributed by atoms with Gasteiger partial charge < -0.3 is 14.8 Å². The molecular formula is C18H32N2O4. The van der Waals surface area contributed by atoms with Crippen LogP contribution in [-0.2, 0) is 14.3 Å². The molecule has 2 rings (SSSR count). The molecule has 2 aliphatic rings. The minimum atomic E-state index is -0.581. The van der Waals surface area contributed by atoms with Gasteiger partial charge in [0.2, 0.25) is 0 Å². The molecule has 2 atom stereocenters. The van der Waals surface area contributed by atoms with Crippen molar-refractivity contribution >= 4 is 12.1 Å². The molecule has 1 aliphatic carbocycles. The molecule has 1 amide bonds. The second-order valence-corrected chi connectivity index (χ2v) is 8.23. The zero-order valence-corrected chi connectivity index (χ0v) is 15.6. The minimum absolute atomic E-state index is 0.111. The molecule has 0 radical (unpaired) electrons. The third-order valence-corrected chi connectivity index (χ3v) is 4.89. The van der Waals surface area contributed by atoms with Crippen molar-refractivity contribution in [3.05, 3.63) is 0 Å². The number of hydrogen-bond donors (Lipinski definition) is 1. The Balaban J connectivity index is 1.98. The number of esters is 1. The van der Waals surface area contributed by atoms with Gasteiger partial charge in [-0.25, -0.2) is 9.59 Å². The van der Waals surface area contributed by atoms with Crippen molar-refractivity contribution < 1.29 is 19.1 Å². The van der Waals surface area contributed by atoms with Crippen LogP contribution in [0.15, 0.2) is 0 Å². The SMILES string of the molecule is COC(=O)[C@@H]1C[C@@H](N[C@H]2CC[C@@H](C)CC2)CN1C(=O)OC(C)(C)C. The number of nitrogens with zero attached hydrogens (tertiary/aromatic N) is 1. The van der Waals surface area contributed by atoms with Gasteiger partial charge in [0, 0.05) is 18.6 Å². The van der Waals surface area contributed by atoms with Crippen molar-refractivity contribution in [3.63, 3.8) is 0 Å². The lowest BCUT2D eigenvalue weighted by atomic mass is 9.87. The Labute approximate surface area is 145 Å². The van der Waals surface area contributed by atoms with E-state index < -0.39 is 17.7 Å². The molecule has 2 fully saturated rings. The summed E-state index contributed by atoms with van der Waals surface area (Å²) in [7, 11) is 1.36. The second kappa shape index (κ2) is 7.72. The molecule has 0 aromatic heterocycles. The van der Waals surface area contributed by atoms with Gasteiger partial charge in [-0.3, -0.25) is 4.90 Å². The molecule has 0 bridgehead atoms. The molecule has 0 aromatic rings.